The quantitative estimate of drug-likeness (QED) is 0.704. The topological polar surface area (TPSA) is 34.1 Å². The third kappa shape index (κ3) is 3.35. The highest BCUT2D eigenvalue weighted by Gasteiger charge is 1.98. The SMILES string of the molecule is c1csc(CNCCOc2cnc3ccccc3c2)c1. The third-order valence-electron chi connectivity index (χ3n) is 2.99. The van der Waals surface area contributed by atoms with Gasteiger partial charge in [0.25, 0.3) is 0 Å². The van der Waals surface area contributed by atoms with Crippen LogP contribution in [0.2, 0.25) is 0 Å². The first-order chi connectivity index (χ1) is 9.92. The Bertz CT molecular complexity index is 667. The van der Waals surface area contributed by atoms with Crippen LogP contribution in [-0.4, -0.2) is 18.1 Å². The minimum Gasteiger partial charge on any atom is -0.491 e. The summed E-state index contributed by atoms with van der Waals surface area (Å²) in [4.78, 5) is 5.72. The molecule has 3 rings (SSSR count). The average molecular weight is 284 g/mol. The number of aromatic nitrogens is 1. The van der Waals surface area contributed by atoms with Crippen LogP contribution in [0, 0.1) is 0 Å². The molecule has 0 fully saturated rings. The normalized spacial score (nSPS) is 10.8. The molecule has 0 bridgehead atoms. The van der Waals surface area contributed by atoms with Gasteiger partial charge in [-0.05, 0) is 23.6 Å². The molecule has 0 aliphatic heterocycles. The molecule has 2 aromatic heterocycles. The summed E-state index contributed by atoms with van der Waals surface area (Å²) in [6, 6.07) is 14.3. The van der Waals surface area contributed by atoms with Gasteiger partial charge in [-0.2, -0.15) is 0 Å². The van der Waals surface area contributed by atoms with Gasteiger partial charge < -0.3 is 10.1 Å². The Kier molecular flexibility index (Phi) is 4.25. The minimum atomic E-state index is 0.644. The van der Waals surface area contributed by atoms with Gasteiger partial charge in [-0.3, -0.25) is 4.98 Å². The fraction of sp³-hybridized carbons (Fsp3) is 0.188. The predicted molar refractivity (Wildman–Crippen MR) is 83.3 cm³/mol. The van der Waals surface area contributed by atoms with Crippen molar-refractivity contribution in [3.63, 3.8) is 0 Å². The molecule has 0 spiro atoms. The van der Waals surface area contributed by atoms with E-state index >= 15 is 0 Å². The number of benzene rings is 1. The Balaban J connectivity index is 1.47. The number of hydrogen-bond donors (Lipinski definition) is 1. The molecule has 0 atom stereocenters. The van der Waals surface area contributed by atoms with E-state index in [4.69, 9.17) is 4.74 Å². The number of pyridine rings is 1. The molecule has 3 nitrogen and oxygen atoms in total. The van der Waals surface area contributed by atoms with E-state index in [0.29, 0.717) is 6.61 Å². The molecule has 0 aliphatic rings. The highest BCUT2D eigenvalue weighted by molar-refractivity contribution is 7.09. The summed E-state index contributed by atoms with van der Waals surface area (Å²) in [5.41, 5.74) is 0.996. The number of nitrogens with one attached hydrogen (secondary N) is 1. The summed E-state index contributed by atoms with van der Waals surface area (Å²) in [6.45, 7) is 2.37. The largest absolute Gasteiger partial charge is 0.491 e. The third-order valence-corrected chi connectivity index (χ3v) is 3.87. The molecule has 20 heavy (non-hydrogen) atoms. The van der Waals surface area contributed by atoms with E-state index in [-0.39, 0.29) is 0 Å². The lowest BCUT2D eigenvalue weighted by Gasteiger charge is -2.07. The summed E-state index contributed by atoms with van der Waals surface area (Å²) in [6.07, 6.45) is 1.78. The predicted octanol–water partition coefficient (Wildman–Crippen LogP) is 3.46. The molecule has 102 valence electrons. The lowest BCUT2D eigenvalue weighted by atomic mass is 10.2. The first kappa shape index (κ1) is 13.1. The van der Waals surface area contributed by atoms with Crippen molar-refractivity contribution in [3.8, 4) is 5.75 Å². The second kappa shape index (κ2) is 6.50. The van der Waals surface area contributed by atoms with Crippen LogP contribution in [0.15, 0.2) is 54.0 Å². The Morgan fingerprint density at radius 3 is 3.00 bits per heavy atom. The molecule has 0 aliphatic carbocycles. The van der Waals surface area contributed by atoms with Gasteiger partial charge in [-0.25, -0.2) is 0 Å². The lowest BCUT2D eigenvalue weighted by Crippen LogP contribution is -2.20. The number of thiophene rings is 1. The molecular weight excluding hydrogens is 268 g/mol. The van der Waals surface area contributed by atoms with Gasteiger partial charge in [0.05, 0.1) is 11.7 Å². The summed E-state index contributed by atoms with van der Waals surface area (Å²) >= 11 is 1.77. The molecule has 0 amide bonds. The zero-order valence-corrected chi connectivity index (χ0v) is 11.9. The second-order valence-electron chi connectivity index (χ2n) is 4.47. The lowest BCUT2D eigenvalue weighted by molar-refractivity contribution is 0.313. The van der Waals surface area contributed by atoms with Gasteiger partial charge in [-0.1, -0.05) is 24.3 Å². The van der Waals surface area contributed by atoms with Crippen molar-refractivity contribution in [1.82, 2.24) is 10.3 Å². The second-order valence-corrected chi connectivity index (χ2v) is 5.50. The Morgan fingerprint density at radius 2 is 2.10 bits per heavy atom. The molecule has 0 saturated carbocycles. The van der Waals surface area contributed by atoms with Gasteiger partial charge in [-0.15, -0.1) is 11.3 Å². The van der Waals surface area contributed by atoms with Crippen molar-refractivity contribution in [3.05, 3.63) is 58.9 Å². The molecular formula is C16H16N2OS. The van der Waals surface area contributed by atoms with Crippen LogP contribution in [0.5, 0.6) is 5.75 Å². The smallest absolute Gasteiger partial charge is 0.138 e. The first-order valence-electron chi connectivity index (χ1n) is 6.62. The van der Waals surface area contributed by atoms with Crippen molar-refractivity contribution in [2.24, 2.45) is 0 Å². The molecule has 0 saturated heterocycles. The van der Waals surface area contributed by atoms with E-state index in [9.17, 15) is 0 Å². The number of nitrogens with zero attached hydrogens (tertiary/aromatic N) is 1. The van der Waals surface area contributed by atoms with E-state index in [0.717, 1.165) is 29.7 Å². The average Bonchev–Trinajstić information content (AvgIpc) is 3.00. The zero-order valence-electron chi connectivity index (χ0n) is 11.1. The van der Waals surface area contributed by atoms with Gasteiger partial charge in [0.15, 0.2) is 0 Å². The molecule has 4 heteroatoms. The van der Waals surface area contributed by atoms with E-state index in [1.165, 1.54) is 4.88 Å². The standard InChI is InChI=1S/C16H16N2OS/c1-2-6-16-13(4-1)10-14(11-18-16)19-8-7-17-12-15-5-3-9-20-15/h1-6,9-11,17H,7-8,12H2. The van der Waals surface area contributed by atoms with Crippen LogP contribution >= 0.6 is 11.3 Å². The number of hydrogen-bond acceptors (Lipinski definition) is 4. The highest BCUT2D eigenvalue weighted by atomic mass is 32.1. The van der Waals surface area contributed by atoms with Crippen LogP contribution in [0.25, 0.3) is 10.9 Å². The number of para-hydroxylation sites is 1. The van der Waals surface area contributed by atoms with Crippen molar-refractivity contribution in [2.75, 3.05) is 13.2 Å². The first-order valence-corrected chi connectivity index (χ1v) is 7.50. The van der Waals surface area contributed by atoms with E-state index in [1.807, 2.05) is 30.3 Å². The Morgan fingerprint density at radius 1 is 1.15 bits per heavy atom. The molecule has 0 unspecified atom stereocenters. The van der Waals surface area contributed by atoms with E-state index < -0.39 is 0 Å². The minimum absolute atomic E-state index is 0.644. The molecule has 0 radical (unpaired) electrons. The number of rotatable bonds is 6. The van der Waals surface area contributed by atoms with Crippen LogP contribution in [0.1, 0.15) is 4.88 Å². The molecule has 2 heterocycles. The maximum atomic E-state index is 5.71. The van der Waals surface area contributed by atoms with Crippen molar-refractivity contribution < 1.29 is 4.74 Å². The number of ether oxygens (including phenoxy) is 1. The monoisotopic (exact) mass is 284 g/mol. The Hall–Kier alpha value is -1.91. The van der Waals surface area contributed by atoms with E-state index in [1.54, 1.807) is 17.5 Å². The highest BCUT2D eigenvalue weighted by Crippen LogP contribution is 2.17. The summed E-state index contributed by atoms with van der Waals surface area (Å²) in [7, 11) is 0. The maximum absolute atomic E-state index is 5.71. The van der Waals surface area contributed by atoms with Crippen LogP contribution in [0.4, 0.5) is 0 Å². The van der Waals surface area contributed by atoms with Crippen LogP contribution in [0.3, 0.4) is 0 Å². The molecule has 3 aromatic rings. The van der Waals surface area contributed by atoms with Gasteiger partial charge in [0, 0.05) is 23.4 Å². The van der Waals surface area contributed by atoms with Crippen molar-refractivity contribution >= 4 is 22.2 Å². The fourth-order valence-electron chi connectivity index (χ4n) is 2.00. The van der Waals surface area contributed by atoms with E-state index in [2.05, 4.69) is 27.8 Å². The van der Waals surface area contributed by atoms with Crippen molar-refractivity contribution in [2.45, 2.75) is 6.54 Å². The molecule has 1 N–H and O–H groups in total. The zero-order chi connectivity index (χ0) is 13.6. The van der Waals surface area contributed by atoms with Crippen LogP contribution in [-0.2, 0) is 6.54 Å². The van der Waals surface area contributed by atoms with Crippen molar-refractivity contribution in [1.29, 1.82) is 0 Å². The van der Waals surface area contributed by atoms with Gasteiger partial charge >= 0.3 is 0 Å². The van der Waals surface area contributed by atoms with Crippen LogP contribution < -0.4 is 10.1 Å². The summed E-state index contributed by atoms with van der Waals surface area (Å²) in [5, 5.41) is 6.56. The summed E-state index contributed by atoms with van der Waals surface area (Å²) in [5.74, 6) is 0.821. The molecule has 1 aromatic carbocycles. The number of fused-ring (bicyclic) bond motifs is 1. The van der Waals surface area contributed by atoms with Gasteiger partial charge in [0.1, 0.15) is 12.4 Å². The maximum Gasteiger partial charge on any atom is 0.138 e. The summed E-state index contributed by atoms with van der Waals surface area (Å²) < 4.78 is 5.71. The fourth-order valence-corrected chi connectivity index (χ4v) is 2.67. The Labute approximate surface area is 122 Å². The van der Waals surface area contributed by atoms with Gasteiger partial charge in [0.2, 0.25) is 0 Å².